The fraction of sp³-hybridized carbons (Fsp3) is 0.500. The highest BCUT2D eigenvalue weighted by molar-refractivity contribution is 7.89. The van der Waals surface area contributed by atoms with E-state index in [0.29, 0.717) is 12.3 Å². The van der Waals surface area contributed by atoms with Gasteiger partial charge in [-0.25, -0.2) is 13.1 Å². The highest BCUT2D eigenvalue weighted by atomic mass is 32.2. The highest BCUT2D eigenvalue weighted by Crippen LogP contribution is 2.19. The Balaban J connectivity index is 2.06. The minimum Gasteiger partial charge on any atom is -0.377 e. The molecule has 1 heterocycles. The van der Waals surface area contributed by atoms with Gasteiger partial charge in [0.1, 0.15) is 0 Å². The predicted octanol–water partition coefficient (Wildman–Crippen LogP) is 1.49. The lowest BCUT2D eigenvalue weighted by atomic mass is 10.1. The van der Waals surface area contributed by atoms with Crippen LogP contribution in [-0.2, 0) is 19.6 Å². The maximum Gasteiger partial charge on any atom is 0.240 e. The van der Waals surface area contributed by atoms with Crippen LogP contribution in [0, 0.1) is 0 Å². The third-order valence-corrected chi connectivity index (χ3v) is 4.92. The third kappa shape index (κ3) is 4.26. The van der Waals surface area contributed by atoms with Crippen LogP contribution in [0.5, 0.6) is 0 Å². The molecule has 21 heavy (non-hydrogen) atoms. The molecule has 1 amide bonds. The first-order valence-corrected chi connectivity index (χ1v) is 8.38. The average molecular weight is 312 g/mol. The Hall–Kier alpha value is -1.44. The quantitative estimate of drug-likeness (QED) is 0.863. The first kappa shape index (κ1) is 15.9. The Morgan fingerprint density at radius 1 is 1.33 bits per heavy atom. The Labute approximate surface area is 124 Å². The summed E-state index contributed by atoms with van der Waals surface area (Å²) in [5, 5.41) is 2.59. The molecule has 0 bridgehead atoms. The fourth-order valence-corrected chi connectivity index (χ4v) is 3.58. The number of amides is 1. The van der Waals surface area contributed by atoms with Gasteiger partial charge in [-0.1, -0.05) is 0 Å². The summed E-state index contributed by atoms with van der Waals surface area (Å²) >= 11 is 0. The average Bonchev–Trinajstić information content (AvgIpc) is 2.92. The van der Waals surface area contributed by atoms with Crippen molar-refractivity contribution in [3.63, 3.8) is 0 Å². The zero-order chi connectivity index (χ0) is 15.5. The monoisotopic (exact) mass is 312 g/mol. The van der Waals surface area contributed by atoms with Crippen LogP contribution in [-0.4, -0.2) is 33.1 Å². The van der Waals surface area contributed by atoms with Gasteiger partial charge in [-0.05, 0) is 44.0 Å². The van der Waals surface area contributed by atoms with Crippen molar-refractivity contribution in [2.24, 2.45) is 0 Å². The Morgan fingerprint density at radius 2 is 2.00 bits per heavy atom. The molecule has 1 aliphatic rings. The van der Waals surface area contributed by atoms with E-state index in [2.05, 4.69) is 10.0 Å². The summed E-state index contributed by atoms with van der Waals surface area (Å²) < 4.78 is 32.7. The molecule has 2 rings (SSSR count). The molecule has 0 spiro atoms. The van der Waals surface area contributed by atoms with E-state index in [1.165, 1.54) is 19.1 Å². The van der Waals surface area contributed by atoms with Gasteiger partial charge < -0.3 is 10.1 Å². The Bertz CT molecular complexity index is 592. The second kappa shape index (κ2) is 6.55. The summed E-state index contributed by atoms with van der Waals surface area (Å²) in [7, 11) is -3.58. The molecule has 1 saturated heterocycles. The number of nitrogens with one attached hydrogen (secondary N) is 2. The van der Waals surface area contributed by atoms with Crippen LogP contribution >= 0.6 is 0 Å². The van der Waals surface area contributed by atoms with Crippen molar-refractivity contribution in [2.45, 2.75) is 43.7 Å². The zero-order valence-corrected chi connectivity index (χ0v) is 12.9. The number of anilines is 1. The molecule has 1 fully saturated rings. The zero-order valence-electron chi connectivity index (χ0n) is 12.1. The van der Waals surface area contributed by atoms with Crippen molar-refractivity contribution >= 4 is 21.6 Å². The summed E-state index contributed by atoms with van der Waals surface area (Å²) in [5.74, 6) is -0.198. The van der Waals surface area contributed by atoms with E-state index in [-0.39, 0.29) is 22.9 Å². The van der Waals surface area contributed by atoms with E-state index in [0.717, 1.165) is 12.8 Å². The van der Waals surface area contributed by atoms with E-state index in [1.54, 1.807) is 19.1 Å². The van der Waals surface area contributed by atoms with E-state index >= 15 is 0 Å². The van der Waals surface area contributed by atoms with Crippen molar-refractivity contribution in [1.82, 2.24) is 4.72 Å². The summed E-state index contributed by atoms with van der Waals surface area (Å²) in [6.07, 6.45) is 1.76. The fourth-order valence-electron chi connectivity index (χ4n) is 2.31. The van der Waals surface area contributed by atoms with Gasteiger partial charge in [0, 0.05) is 25.3 Å². The highest BCUT2D eigenvalue weighted by Gasteiger charge is 2.26. The maximum atomic E-state index is 12.3. The molecular formula is C14H20N2O4S. The van der Waals surface area contributed by atoms with Gasteiger partial charge in [0.05, 0.1) is 11.0 Å². The van der Waals surface area contributed by atoms with Gasteiger partial charge in [0.15, 0.2) is 0 Å². The lowest BCUT2D eigenvalue weighted by Crippen LogP contribution is -2.40. The summed E-state index contributed by atoms with van der Waals surface area (Å²) in [5.41, 5.74) is 0.564. The molecule has 0 saturated carbocycles. The standard InChI is InChI=1S/C14H20N2O4S/c1-10(14-4-3-9-20-14)16-21(18,19)13-7-5-12(6-8-13)15-11(2)17/h5-8,10,14,16H,3-4,9H2,1-2H3,(H,15,17)/t10-,14+/m0/s1. The van der Waals surface area contributed by atoms with Gasteiger partial charge >= 0.3 is 0 Å². The van der Waals surface area contributed by atoms with Crippen LogP contribution in [0.15, 0.2) is 29.2 Å². The first-order chi connectivity index (χ1) is 9.88. The van der Waals surface area contributed by atoms with E-state index < -0.39 is 10.0 Å². The van der Waals surface area contributed by atoms with Gasteiger partial charge in [0.25, 0.3) is 0 Å². The topological polar surface area (TPSA) is 84.5 Å². The van der Waals surface area contributed by atoms with Crippen LogP contribution in [0.2, 0.25) is 0 Å². The first-order valence-electron chi connectivity index (χ1n) is 6.90. The Kier molecular flexibility index (Phi) is 4.97. The molecule has 1 aromatic carbocycles. The van der Waals surface area contributed by atoms with E-state index in [1.807, 2.05) is 0 Å². The van der Waals surface area contributed by atoms with E-state index in [9.17, 15) is 13.2 Å². The number of hydrogen-bond acceptors (Lipinski definition) is 4. The summed E-state index contributed by atoms with van der Waals surface area (Å²) in [6, 6.07) is 5.79. The minimum atomic E-state index is -3.58. The molecular weight excluding hydrogens is 292 g/mol. The van der Waals surface area contributed by atoms with Crippen molar-refractivity contribution in [1.29, 1.82) is 0 Å². The van der Waals surface area contributed by atoms with Crippen molar-refractivity contribution in [2.75, 3.05) is 11.9 Å². The van der Waals surface area contributed by atoms with Crippen molar-refractivity contribution < 1.29 is 17.9 Å². The number of ether oxygens (including phenoxy) is 1. The largest absolute Gasteiger partial charge is 0.377 e. The molecule has 1 aliphatic heterocycles. The van der Waals surface area contributed by atoms with E-state index in [4.69, 9.17) is 4.74 Å². The normalized spacial score (nSPS) is 20.2. The lowest BCUT2D eigenvalue weighted by Gasteiger charge is -2.20. The minimum absolute atomic E-state index is 0.0709. The maximum absolute atomic E-state index is 12.3. The number of sulfonamides is 1. The summed E-state index contributed by atoms with van der Waals surface area (Å²) in [6.45, 7) is 3.89. The number of hydrogen-bond donors (Lipinski definition) is 2. The van der Waals surface area contributed by atoms with Gasteiger partial charge in [-0.15, -0.1) is 0 Å². The van der Waals surface area contributed by atoms with Crippen LogP contribution in [0.25, 0.3) is 0 Å². The molecule has 1 aromatic rings. The molecule has 0 radical (unpaired) electrons. The molecule has 2 N–H and O–H groups in total. The van der Waals surface area contributed by atoms with Crippen molar-refractivity contribution in [3.05, 3.63) is 24.3 Å². The SMILES string of the molecule is CC(=O)Nc1ccc(S(=O)(=O)N[C@@H](C)[C@H]2CCCO2)cc1. The van der Waals surface area contributed by atoms with Crippen LogP contribution < -0.4 is 10.0 Å². The van der Waals surface area contributed by atoms with Gasteiger partial charge in [0.2, 0.25) is 15.9 Å². The molecule has 0 aromatic heterocycles. The molecule has 7 heteroatoms. The van der Waals surface area contributed by atoms with Crippen molar-refractivity contribution in [3.8, 4) is 0 Å². The molecule has 116 valence electrons. The predicted molar refractivity (Wildman–Crippen MR) is 79.5 cm³/mol. The second-order valence-electron chi connectivity index (χ2n) is 5.17. The molecule has 0 aliphatic carbocycles. The van der Waals surface area contributed by atoms with Gasteiger partial charge in [-0.3, -0.25) is 4.79 Å². The van der Waals surface area contributed by atoms with Crippen LogP contribution in [0.3, 0.4) is 0 Å². The molecule has 0 unspecified atom stereocenters. The number of rotatable bonds is 5. The van der Waals surface area contributed by atoms with Gasteiger partial charge in [-0.2, -0.15) is 0 Å². The molecule has 6 nitrogen and oxygen atoms in total. The number of carbonyl (C=O) groups is 1. The number of benzene rings is 1. The van der Waals surface area contributed by atoms with Crippen LogP contribution in [0.1, 0.15) is 26.7 Å². The van der Waals surface area contributed by atoms with Crippen LogP contribution in [0.4, 0.5) is 5.69 Å². The second-order valence-corrected chi connectivity index (χ2v) is 6.88. The Morgan fingerprint density at radius 3 is 2.52 bits per heavy atom. The lowest BCUT2D eigenvalue weighted by molar-refractivity contribution is -0.114. The number of carbonyl (C=O) groups excluding carboxylic acids is 1. The molecule has 2 atom stereocenters. The third-order valence-electron chi connectivity index (χ3n) is 3.35. The smallest absolute Gasteiger partial charge is 0.240 e. The summed E-state index contributed by atoms with van der Waals surface area (Å²) in [4.78, 5) is 11.1.